The number of nitrogens with zero attached hydrogens (tertiary/aromatic N) is 4. The summed E-state index contributed by atoms with van der Waals surface area (Å²) in [5, 5.41) is 7.90. The van der Waals surface area contributed by atoms with E-state index < -0.39 is 0 Å². The van der Waals surface area contributed by atoms with Gasteiger partial charge in [0, 0.05) is 11.1 Å². The quantitative estimate of drug-likeness (QED) is 0.728. The largest absolute Gasteiger partial charge is 0.396 e. The van der Waals surface area contributed by atoms with E-state index >= 15 is 0 Å². The van der Waals surface area contributed by atoms with Crippen LogP contribution in [0.15, 0.2) is 46.1 Å². The van der Waals surface area contributed by atoms with Crippen molar-refractivity contribution in [3.8, 4) is 0 Å². The van der Waals surface area contributed by atoms with Gasteiger partial charge in [0.2, 0.25) is 5.89 Å². The van der Waals surface area contributed by atoms with Gasteiger partial charge in [-0.3, -0.25) is 4.68 Å². The Balaban J connectivity index is 1.61. The molecule has 0 aliphatic rings. The third-order valence-electron chi connectivity index (χ3n) is 2.65. The van der Waals surface area contributed by atoms with E-state index in [9.17, 15) is 4.39 Å². The SMILES string of the molecule is Nc1cnn(Cc2nc(CSc3ccccc3F)no2)c1. The van der Waals surface area contributed by atoms with Gasteiger partial charge in [0.15, 0.2) is 5.82 Å². The molecule has 108 valence electrons. The van der Waals surface area contributed by atoms with Gasteiger partial charge in [-0.25, -0.2) is 4.39 Å². The lowest BCUT2D eigenvalue weighted by molar-refractivity contribution is 0.362. The third-order valence-corrected chi connectivity index (χ3v) is 3.70. The maximum absolute atomic E-state index is 13.5. The summed E-state index contributed by atoms with van der Waals surface area (Å²) in [6.45, 7) is 0.356. The van der Waals surface area contributed by atoms with Crippen LogP contribution in [-0.2, 0) is 12.3 Å². The Morgan fingerprint density at radius 3 is 2.95 bits per heavy atom. The fourth-order valence-corrected chi connectivity index (χ4v) is 2.50. The summed E-state index contributed by atoms with van der Waals surface area (Å²) in [7, 11) is 0. The van der Waals surface area contributed by atoms with Crippen LogP contribution >= 0.6 is 11.8 Å². The predicted octanol–water partition coefficient (Wildman–Crippen LogP) is 2.33. The molecule has 2 heterocycles. The number of hydrogen-bond acceptors (Lipinski definition) is 6. The molecular weight excluding hydrogens is 293 g/mol. The normalized spacial score (nSPS) is 10.9. The number of halogens is 1. The van der Waals surface area contributed by atoms with Crippen LogP contribution < -0.4 is 5.73 Å². The van der Waals surface area contributed by atoms with E-state index in [0.29, 0.717) is 34.6 Å². The fourth-order valence-electron chi connectivity index (χ4n) is 1.72. The Morgan fingerprint density at radius 1 is 1.33 bits per heavy atom. The highest BCUT2D eigenvalue weighted by Crippen LogP contribution is 2.24. The lowest BCUT2D eigenvalue weighted by atomic mass is 10.3. The van der Waals surface area contributed by atoms with Crippen molar-refractivity contribution in [2.75, 3.05) is 5.73 Å². The van der Waals surface area contributed by atoms with Crippen molar-refractivity contribution < 1.29 is 8.91 Å². The summed E-state index contributed by atoms with van der Waals surface area (Å²) in [5.41, 5.74) is 6.15. The molecule has 2 aromatic heterocycles. The average molecular weight is 305 g/mol. The van der Waals surface area contributed by atoms with Crippen molar-refractivity contribution in [2.45, 2.75) is 17.2 Å². The first-order chi connectivity index (χ1) is 10.2. The number of anilines is 1. The van der Waals surface area contributed by atoms with Gasteiger partial charge in [0.25, 0.3) is 0 Å². The number of hydrogen-bond donors (Lipinski definition) is 1. The second-order valence-electron chi connectivity index (χ2n) is 4.29. The smallest absolute Gasteiger partial charge is 0.248 e. The van der Waals surface area contributed by atoms with E-state index in [2.05, 4.69) is 15.2 Å². The maximum atomic E-state index is 13.5. The zero-order chi connectivity index (χ0) is 14.7. The molecule has 0 aliphatic carbocycles. The molecular formula is C13H12FN5OS. The van der Waals surface area contributed by atoms with Gasteiger partial charge in [-0.05, 0) is 12.1 Å². The van der Waals surface area contributed by atoms with Crippen molar-refractivity contribution in [3.63, 3.8) is 0 Å². The second kappa shape index (κ2) is 5.96. The molecule has 0 unspecified atom stereocenters. The number of aromatic nitrogens is 4. The minimum atomic E-state index is -0.252. The zero-order valence-electron chi connectivity index (χ0n) is 10.9. The number of benzene rings is 1. The molecule has 0 bridgehead atoms. The Kier molecular flexibility index (Phi) is 3.87. The molecule has 0 aliphatic heterocycles. The topological polar surface area (TPSA) is 82.8 Å². The lowest BCUT2D eigenvalue weighted by Crippen LogP contribution is -2.00. The molecule has 2 N–H and O–H groups in total. The van der Waals surface area contributed by atoms with Crippen LogP contribution in [0, 0.1) is 5.82 Å². The third kappa shape index (κ3) is 3.40. The van der Waals surface area contributed by atoms with Crippen LogP contribution in [0.1, 0.15) is 11.7 Å². The number of rotatable bonds is 5. The summed E-state index contributed by atoms with van der Waals surface area (Å²) < 4.78 is 20.2. The lowest BCUT2D eigenvalue weighted by Gasteiger charge is -1.99. The van der Waals surface area contributed by atoms with Crippen LogP contribution in [0.5, 0.6) is 0 Å². The number of nitrogens with two attached hydrogens (primary N) is 1. The molecule has 0 saturated heterocycles. The Labute approximate surface area is 124 Å². The maximum Gasteiger partial charge on any atom is 0.248 e. The van der Waals surface area contributed by atoms with Crippen LogP contribution in [0.4, 0.5) is 10.1 Å². The molecule has 1 aromatic carbocycles. The molecule has 8 heteroatoms. The number of nitrogen functional groups attached to an aromatic ring is 1. The van der Waals surface area contributed by atoms with Crippen molar-refractivity contribution in [2.24, 2.45) is 0 Å². The highest BCUT2D eigenvalue weighted by atomic mass is 32.2. The Bertz CT molecular complexity index is 742. The Morgan fingerprint density at radius 2 is 2.19 bits per heavy atom. The van der Waals surface area contributed by atoms with Crippen molar-refractivity contribution in [1.29, 1.82) is 0 Å². The second-order valence-corrected chi connectivity index (χ2v) is 5.31. The Hall–Kier alpha value is -2.35. The van der Waals surface area contributed by atoms with Gasteiger partial charge in [-0.1, -0.05) is 17.3 Å². The molecule has 3 rings (SSSR count). The van der Waals surface area contributed by atoms with E-state index in [1.807, 2.05) is 0 Å². The summed E-state index contributed by atoms with van der Waals surface area (Å²) in [5.74, 6) is 1.13. The van der Waals surface area contributed by atoms with Gasteiger partial charge in [0.05, 0.1) is 17.6 Å². The predicted molar refractivity (Wildman–Crippen MR) is 76.0 cm³/mol. The summed E-state index contributed by atoms with van der Waals surface area (Å²) in [4.78, 5) is 4.80. The van der Waals surface area contributed by atoms with Gasteiger partial charge in [-0.15, -0.1) is 11.8 Å². The van der Waals surface area contributed by atoms with E-state index in [4.69, 9.17) is 10.3 Å². The van der Waals surface area contributed by atoms with Gasteiger partial charge < -0.3 is 10.3 Å². The summed E-state index contributed by atoms with van der Waals surface area (Å²) >= 11 is 1.32. The van der Waals surface area contributed by atoms with Crippen molar-refractivity contribution in [1.82, 2.24) is 19.9 Å². The molecule has 6 nitrogen and oxygen atoms in total. The molecule has 0 amide bonds. The van der Waals surface area contributed by atoms with Crippen LogP contribution in [0.25, 0.3) is 0 Å². The van der Waals surface area contributed by atoms with Gasteiger partial charge in [-0.2, -0.15) is 10.1 Å². The summed E-state index contributed by atoms with van der Waals surface area (Å²) in [6.07, 6.45) is 3.23. The van der Waals surface area contributed by atoms with Crippen LogP contribution in [-0.4, -0.2) is 19.9 Å². The van der Waals surface area contributed by atoms with Crippen LogP contribution in [0.2, 0.25) is 0 Å². The first-order valence-corrected chi connectivity index (χ1v) is 7.16. The molecule has 0 atom stereocenters. The average Bonchev–Trinajstić information content (AvgIpc) is 3.08. The highest BCUT2D eigenvalue weighted by molar-refractivity contribution is 7.98. The van der Waals surface area contributed by atoms with E-state index in [1.54, 1.807) is 35.3 Å². The fraction of sp³-hybridized carbons (Fsp3) is 0.154. The molecule has 0 fully saturated rings. The minimum Gasteiger partial charge on any atom is -0.396 e. The van der Waals surface area contributed by atoms with E-state index in [-0.39, 0.29) is 5.82 Å². The standard InChI is InChI=1S/C13H12FN5OS/c14-10-3-1-2-4-11(10)21-8-12-17-13(20-18-12)7-19-6-9(15)5-16-19/h1-6H,7-8,15H2. The van der Waals surface area contributed by atoms with Crippen LogP contribution in [0.3, 0.4) is 0 Å². The van der Waals surface area contributed by atoms with Gasteiger partial charge >= 0.3 is 0 Å². The molecule has 21 heavy (non-hydrogen) atoms. The van der Waals surface area contributed by atoms with Crippen molar-refractivity contribution in [3.05, 3.63) is 54.2 Å². The molecule has 3 aromatic rings. The first-order valence-electron chi connectivity index (χ1n) is 6.17. The number of thioether (sulfide) groups is 1. The van der Waals surface area contributed by atoms with Crippen molar-refractivity contribution >= 4 is 17.4 Å². The monoisotopic (exact) mass is 305 g/mol. The van der Waals surface area contributed by atoms with E-state index in [1.165, 1.54) is 17.8 Å². The molecule has 0 saturated carbocycles. The van der Waals surface area contributed by atoms with E-state index in [0.717, 1.165) is 0 Å². The molecule has 0 spiro atoms. The van der Waals surface area contributed by atoms with Gasteiger partial charge in [0.1, 0.15) is 12.4 Å². The highest BCUT2D eigenvalue weighted by Gasteiger charge is 2.09. The molecule has 0 radical (unpaired) electrons. The minimum absolute atomic E-state index is 0.252. The summed E-state index contributed by atoms with van der Waals surface area (Å²) in [6, 6.07) is 6.58. The first kappa shape index (κ1) is 13.6. The zero-order valence-corrected chi connectivity index (χ0v) is 11.8.